The van der Waals surface area contributed by atoms with Gasteiger partial charge in [0.25, 0.3) is 0 Å². The molecule has 2 heterocycles. The topological polar surface area (TPSA) is 48.5 Å². The number of amides is 2. The van der Waals surface area contributed by atoms with Gasteiger partial charge in [0.05, 0.1) is 5.69 Å². The van der Waals surface area contributed by atoms with Crippen molar-refractivity contribution in [2.75, 3.05) is 36.4 Å². The number of nitrogens with zero attached hydrogens (tertiary/aromatic N) is 3. The van der Waals surface area contributed by atoms with Gasteiger partial charge in [0, 0.05) is 49.3 Å². The predicted molar refractivity (Wildman–Crippen MR) is 88.5 cm³/mol. The molecule has 3 rings (SSSR count). The van der Waals surface area contributed by atoms with Crippen molar-refractivity contribution in [2.45, 2.75) is 0 Å². The molecule has 5 nitrogen and oxygen atoms in total. The minimum atomic E-state index is -0.502. The summed E-state index contributed by atoms with van der Waals surface area (Å²) >= 11 is 5.83. The Morgan fingerprint density at radius 1 is 1.13 bits per heavy atom. The lowest BCUT2D eigenvalue weighted by Gasteiger charge is -2.36. The van der Waals surface area contributed by atoms with Gasteiger partial charge in [-0.25, -0.2) is 9.18 Å². The van der Waals surface area contributed by atoms with Crippen LogP contribution in [-0.4, -0.2) is 42.1 Å². The van der Waals surface area contributed by atoms with Crippen molar-refractivity contribution in [1.29, 1.82) is 0 Å². The molecule has 2 amide bonds. The van der Waals surface area contributed by atoms with Crippen LogP contribution in [0.1, 0.15) is 0 Å². The zero-order chi connectivity index (χ0) is 16.2. The molecule has 0 bridgehead atoms. The second kappa shape index (κ2) is 6.83. The molecule has 0 radical (unpaired) electrons. The molecule has 120 valence electrons. The summed E-state index contributed by atoms with van der Waals surface area (Å²) < 4.78 is 13.7. The molecule has 1 aliphatic heterocycles. The first-order chi connectivity index (χ1) is 11.1. The fraction of sp³-hybridized carbons (Fsp3) is 0.250. The fourth-order valence-corrected chi connectivity index (χ4v) is 2.68. The SMILES string of the molecule is O=C(Nc1cc(Cl)ccc1F)N1CCN(c2ccncc2)CC1. The van der Waals surface area contributed by atoms with Crippen molar-refractivity contribution >= 4 is 29.0 Å². The second-order valence-electron chi connectivity index (χ2n) is 5.23. The van der Waals surface area contributed by atoms with E-state index in [1.807, 2.05) is 12.1 Å². The van der Waals surface area contributed by atoms with E-state index >= 15 is 0 Å². The van der Waals surface area contributed by atoms with Crippen LogP contribution in [0.5, 0.6) is 0 Å². The quantitative estimate of drug-likeness (QED) is 0.917. The van der Waals surface area contributed by atoms with Crippen LogP contribution < -0.4 is 10.2 Å². The first-order valence-corrected chi connectivity index (χ1v) is 7.67. The number of halogens is 2. The first kappa shape index (κ1) is 15.6. The third kappa shape index (κ3) is 3.71. The van der Waals surface area contributed by atoms with Gasteiger partial charge in [-0.15, -0.1) is 0 Å². The summed E-state index contributed by atoms with van der Waals surface area (Å²) in [5.41, 5.74) is 1.18. The number of hydrogen-bond donors (Lipinski definition) is 1. The minimum Gasteiger partial charge on any atom is -0.368 e. The summed E-state index contributed by atoms with van der Waals surface area (Å²) in [5.74, 6) is -0.502. The number of anilines is 2. The third-order valence-corrected chi connectivity index (χ3v) is 4.00. The number of hydrogen-bond acceptors (Lipinski definition) is 3. The predicted octanol–water partition coefficient (Wildman–Crippen LogP) is 3.23. The van der Waals surface area contributed by atoms with Crippen LogP contribution in [0.15, 0.2) is 42.7 Å². The molecule has 1 saturated heterocycles. The molecular formula is C16H16ClFN4O. The van der Waals surface area contributed by atoms with Crippen LogP contribution in [0, 0.1) is 5.82 Å². The number of carbonyl (C=O) groups excluding carboxylic acids is 1. The van der Waals surface area contributed by atoms with Gasteiger partial charge in [0.1, 0.15) is 5.82 Å². The first-order valence-electron chi connectivity index (χ1n) is 7.29. The number of carbonyl (C=O) groups is 1. The number of nitrogens with one attached hydrogen (secondary N) is 1. The van der Waals surface area contributed by atoms with Crippen LogP contribution in [0.25, 0.3) is 0 Å². The molecule has 1 fully saturated rings. The Balaban J connectivity index is 1.59. The van der Waals surface area contributed by atoms with Crippen molar-refractivity contribution in [3.05, 3.63) is 53.6 Å². The van der Waals surface area contributed by atoms with E-state index < -0.39 is 5.82 Å². The van der Waals surface area contributed by atoms with Gasteiger partial charge in [-0.2, -0.15) is 0 Å². The lowest BCUT2D eigenvalue weighted by Crippen LogP contribution is -2.50. The van der Waals surface area contributed by atoms with E-state index in [0.29, 0.717) is 18.1 Å². The Labute approximate surface area is 138 Å². The summed E-state index contributed by atoms with van der Waals surface area (Å²) in [6.45, 7) is 2.57. The van der Waals surface area contributed by atoms with E-state index in [1.54, 1.807) is 17.3 Å². The van der Waals surface area contributed by atoms with E-state index in [0.717, 1.165) is 18.8 Å². The molecule has 1 aliphatic rings. The summed E-state index contributed by atoms with van der Waals surface area (Å²) in [4.78, 5) is 20.1. The van der Waals surface area contributed by atoms with Crippen LogP contribution in [0.4, 0.5) is 20.6 Å². The van der Waals surface area contributed by atoms with Crippen LogP contribution >= 0.6 is 11.6 Å². The third-order valence-electron chi connectivity index (χ3n) is 3.76. The highest BCUT2D eigenvalue weighted by Gasteiger charge is 2.22. The highest BCUT2D eigenvalue weighted by molar-refractivity contribution is 6.30. The highest BCUT2D eigenvalue weighted by atomic mass is 35.5. The van der Waals surface area contributed by atoms with Crippen molar-refractivity contribution in [3.8, 4) is 0 Å². The standard InChI is InChI=1S/C16H16ClFN4O/c17-12-1-2-14(18)15(11-12)20-16(23)22-9-7-21(8-10-22)13-3-5-19-6-4-13/h1-6,11H,7-10H2,(H,20,23). The van der Waals surface area contributed by atoms with Crippen LogP contribution in [0.3, 0.4) is 0 Å². The fourth-order valence-electron chi connectivity index (χ4n) is 2.51. The average molecular weight is 335 g/mol. The molecule has 23 heavy (non-hydrogen) atoms. The monoisotopic (exact) mass is 334 g/mol. The zero-order valence-electron chi connectivity index (χ0n) is 12.4. The number of urea groups is 1. The van der Waals surface area contributed by atoms with E-state index in [-0.39, 0.29) is 11.7 Å². The lowest BCUT2D eigenvalue weighted by molar-refractivity contribution is 0.208. The number of aromatic nitrogens is 1. The lowest BCUT2D eigenvalue weighted by atomic mass is 10.2. The number of pyridine rings is 1. The molecule has 1 aromatic carbocycles. The van der Waals surface area contributed by atoms with Crippen LogP contribution in [0.2, 0.25) is 5.02 Å². The summed E-state index contributed by atoms with van der Waals surface area (Å²) in [7, 11) is 0. The van der Waals surface area contributed by atoms with Gasteiger partial charge >= 0.3 is 6.03 Å². The normalized spacial score (nSPS) is 14.7. The second-order valence-corrected chi connectivity index (χ2v) is 5.67. The summed E-state index contributed by atoms with van der Waals surface area (Å²) in [6.07, 6.45) is 3.49. The maximum absolute atomic E-state index is 13.7. The molecule has 0 spiro atoms. The Kier molecular flexibility index (Phi) is 4.62. The van der Waals surface area contributed by atoms with Gasteiger partial charge in [-0.05, 0) is 30.3 Å². The largest absolute Gasteiger partial charge is 0.368 e. The van der Waals surface area contributed by atoms with E-state index in [2.05, 4.69) is 15.2 Å². The maximum Gasteiger partial charge on any atom is 0.322 e. The average Bonchev–Trinajstić information content (AvgIpc) is 2.59. The molecule has 1 N–H and O–H groups in total. The molecule has 0 atom stereocenters. The van der Waals surface area contributed by atoms with Crippen molar-refractivity contribution in [1.82, 2.24) is 9.88 Å². The van der Waals surface area contributed by atoms with Crippen molar-refractivity contribution < 1.29 is 9.18 Å². The Bertz CT molecular complexity index is 690. The van der Waals surface area contributed by atoms with E-state index in [1.165, 1.54) is 18.2 Å². The Morgan fingerprint density at radius 3 is 2.52 bits per heavy atom. The smallest absolute Gasteiger partial charge is 0.322 e. The minimum absolute atomic E-state index is 0.0964. The van der Waals surface area contributed by atoms with Crippen LogP contribution in [-0.2, 0) is 0 Å². The highest BCUT2D eigenvalue weighted by Crippen LogP contribution is 2.20. The zero-order valence-corrected chi connectivity index (χ0v) is 13.1. The molecule has 0 saturated carbocycles. The molecule has 2 aromatic rings. The molecule has 0 aliphatic carbocycles. The van der Waals surface area contributed by atoms with Gasteiger partial charge in [-0.1, -0.05) is 11.6 Å². The number of benzene rings is 1. The van der Waals surface area contributed by atoms with Crippen molar-refractivity contribution in [2.24, 2.45) is 0 Å². The van der Waals surface area contributed by atoms with E-state index in [4.69, 9.17) is 11.6 Å². The molecule has 0 unspecified atom stereocenters. The Hall–Kier alpha value is -2.34. The number of rotatable bonds is 2. The van der Waals surface area contributed by atoms with Gasteiger partial charge in [0.15, 0.2) is 0 Å². The number of piperazine rings is 1. The molecule has 7 heteroatoms. The van der Waals surface area contributed by atoms with E-state index in [9.17, 15) is 9.18 Å². The summed E-state index contributed by atoms with van der Waals surface area (Å²) in [5, 5.41) is 2.95. The molecular weight excluding hydrogens is 319 g/mol. The molecule has 1 aromatic heterocycles. The van der Waals surface area contributed by atoms with Gasteiger partial charge < -0.3 is 15.1 Å². The summed E-state index contributed by atoms with van der Waals surface area (Å²) in [6, 6.07) is 7.65. The Morgan fingerprint density at radius 2 is 1.83 bits per heavy atom. The van der Waals surface area contributed by atoms with Gasteiger partial charge in [-0.3, -0.25) is 4.98 Å². The van der Waals surface area contributed by atoms with Crippen molar-refractivity contribution in [3.63, 3.8) is 0 Å². The van der Waals surface area contributed by atoms with Gasteiger partial charge in [0.2, 0.25) is 0 Å². The maximum atomic E-state index is 13.7.